The molecule has 1 aliphatic carbocycles. The van der Waals surface area contributed by atoms with Crippen LogP contribution in [0.25, 0.3) is 0 Å². The van der Waals surface area contributed by atoms with Crippen LogP contribution >= 0.6 is 0 Å². The van der Waals surface area contributed by atoms with Gasteiger partial charge in [-0.1, -0.05) is 25.0 Å². The van der Waals surface area contributed by atoms with E-state index in [0.717, 1.165) is 37.6 Å². The first-order valence-electron chi connectivity index (χ1n) is 10.5. The number of carbonyl (C=O) groups excluding carboxylic acids is 1. The van der Waals surface area contributed by atoms with E-state index >= 15 is 0 Å². The fourth-order valence-corrected chi connectivity index (χ4v) is 3.82. The highest BCUT2D eigenvalue weighted by Crippen LogP contribution is 2.40. The number of hydrogen-bond acceptors (Lipinski definition) is 3. The SMILES string of the molecule is CCNC(=O)c1cccc(CN=C(NCC)NCC2(CCOC)CCCC2)c1. The lowest BCUT2D eigenvalue weighted by Crippen LogP contribution is -2.43. The molecule has 0 spiro atoms. The van der Waals surface area contributed by atoms with E-state index in [1.54, 1.807) is 7.11 Å². The number of carbonyl (C=O) groups is 1. The molecular weight excluding hydrogens is 352 g/mol. The lowest BCUT2D eigenvalue weighted by atomic mass is 9.83. The first-order valence-corrected chi connectivity index (χ1v) is 10.5. The summed E-state index contributed by atoms with van der Waals surface area (Å²) in [5.74, 6) is 0.786. The second-order valence-corrected chi connectivity index (χ2v) is 7.56. The Balaban J connectivity index is 2.00. The summed E-state index contributed by atoms with van der Waals surface area (Å²) in [6.45, 7) is 7.69. The van der Waals surface area contributed by atoms with Gasteiger partial charge in [0.2, 0.25) is 0 Å². The zero-order valence-corrected chi connectivity index (χ0v) is 17.6. The molecule has 0 heterocycles. The van der Waals surface area contributed by atoms with Crippen molar-refractivity contribution in [3.05, 3.63) is 35.4 Å². The largest absolute Gasteiger partial charge is 0.385 e. The second kappa shape index (κ2) is 11.7. The zero-order valence-electron chi connectivity index (χ0n) is 17.6. The predicted molar refractivity (Wildman–Crippen MR) is 115 cm³/mol. The third-order valence-electron chi connectivity index (χ3n) is 5.42. The average molecular weight is 389 g/mol. The Bertz CT molecular complexity index is 639. The number of ether oxygens (including phenoxy) is 1. The van der Waals surface area contributed by atoms with Gasteiger partial charge in [0.25, 0.3) is 5.91 Å². The second-order valence-electron chi connectivity index (χ2n) is 7.56. The molecule has 6 heteroatoms. The molecule has 1 amide bonds. The summed E-state index contributed by atoms with van der Waals surface area (Å²) in [5, 5.41) is 9.72. The molecule has 6 nitrogen and oxygen atoms in total. The van der Waals surface area contributed by atoms with Gasteiger partial charge in [-0.25, -0.2) is 4.99 Å². The van der Waals surface area contributed by atoms with Crippen LogP contribution in [0.5, 0.6) is 0 Å². The highest BCUT2D eigenvalue weighted by atomic mass is 16.5. The van der Waals surface area contributed by atoms with Crippen LogP contribution in [0.1, 0.15) is 61.9 Å². The summed E-state index contributed by atoms with van der Waals surface area (Å²) >= 11 is 0. The van der Waals surface area contributed by atoms with Gasteiger partial charge in [0.05, 0.1) is 6.54 Å². The van der Waals surface area contributed by atoms with Gasteiger partial charge < -0.3 is 20.7 Å². The van der Waals surface area contributed by atoms with Gasteiger partial charge in [-0.15, -0.1) is 0 Å². The molecule has 2 rings (SSSR count). The smallest absolute Gasteiger partial charge is 0.251 e. The maximum atomic E-state index is 12.0. The summed E-state index contributed by atoms with van der Waals surface area (Å²) in [4.78, 5) is 16.8. The molecule has 1 aromatic carbocycles. The van der Waals surface area contributed by atoms with E-state index in [-0.39, 0.29) is 5.91 Å². The van der Waals surface area contributed by atoms with Gasteiger partial charge >= 0.3 is 0 Å². The van der Waals surface area contributed by atoms with Gasteiger partial charge in [0.1, 0.15) is 0 Å². The lowest BCUT2D eigenvalue weighted by Gasteiger charge is -2.30. The number of guanidine groups is 1. The van der Waals surface area contributed by atoms with Crippen molar-refractivity contribution in [3.8, 4) is 0 Å². The Kier molecular flexibility index (Phi) is 9.28. The number of methoxy groups -OCH3 is 1. The molecule has 0 saturated heterocycles. The standard InChI is InChI=1S/C22H36N4O2/c1-4-23-20(27)19-10-8-9-18(15-19)16-25-21(24-5-2)26-17-22(13-14-28-3)11-6-7-12-22/h8-10,15H,4-7,11-14,16-17H2,1-3H3,(H,23,27)(H2,24,25,26). The van der Waals surface area contributed by atoms with Crippen LogP contribution in [0.2, 0.25) is 0 Å². The number of benzene rings is 1. The number of nitrogens with zero attached hydrogens (tertiary/aromatic N) is 1. The van der Waals surface area contributed by atoms with E-state index in [4.69, 9.17) is 9.73 Å². The molecule has 0 atom stereocenters. The highest BCUT2D eigenvalue weighted by molar-refractivity contribution is 5.94. The highest BCUT2D eigenvalue weighted by Gasteiger charge is 2.33. The number of aliphatic imine (C=N–C) groups is 1. The van der Waals surface area contributed by atoms with Crippen molar-refractivity contribution in [2.75, 3.05) is 33.4 Å². The van der Waals surface area contributed by atoms with Crippen molar-refractivity contribution < 1.29 is 9.53 Å². The van der Waals surface area contributed by atoms with Crippen LogP contribution < -0.4 is 16.0 Å². The number of nitrogens with one attached hydrogen (secondary N) is 3. The predicted octanol–water partition coefficient (Wildman–Crippen LogP) is 3.09. The maximum absolute atomic E-state index is 12.0. The molecule has 1 aromatic rings. The quantitative estimate of drug-likeness (QED) is 0.425. The van der Waals surface area contributed by atoms with E-state index in [1.807, 2.05) is 31.2 Å². The van der Waals surface area contributed by atoms with Crippen LogP contribution in [0.3, 0.4) is 0 Å². The molecule has 3 N–H and O–H groups in total. The summed E-state index contributed by atoms with van der Waals surface area (Å²) in [7, 11) is 1.77. The van der Waals surface area contributed by atoms with E-state index in [2.05, 4.69) is 22.9 Å². The Labute approximate surface area is 169 Å². The minimum atomic E-state index is -0.0420. The number of rotatable bonds is 10. The van der Waals surface area contributed by atoms with Gasteiger partial charge in [0.15, 0.2) is 5.96 Å². The van der Waals surface area contributed by atoms with Crippen molar-refractivity contribution >= 4 is 11.9 Å². The van der Waals surface area contributed by atoms with Crippen LogP contribution in [-0.4, -0.2) is 45.2 Å². The molecule has 0 radical (unpaired) electrons. The van der Waals surface area contributed by atoms with Crippen LogP contribution in [0, 0.1) is 5.41 Å². The zero-order chi connectivity index (χ0) is 20.2. The first kappa shape index (κ1) is 22.2. The van der Waals surface area contributed by atoms with Crippen LogP contribution in [0.15, 0.2) is 29.3 Å². The molecule has 0 unspecified atom stereocenters. The van der Waals surface area contributed by atoms with E-state index in [1.165, 1.54) is 25.7 Å². The molecule has 1 fully saturated rings. The lowest BCUT2D eigenvalue weighted by molar-refractivity contribution is 0.0955. The van der Waals surface area contributed by atoms with Crippen molar-refractivity contribution in [1.82, 2.24) is 16.0 Å². The molecule has 1 saturated carbocycles. The summed E-state index contributed by atoms with van der Waals surface area (Å²) in [5.41, 5.74) is 2.01. The maximum Gasteiger partial charge on any atom is 0.251 e. The summed E-state index contributed by atoms with van der Waals surface area (Å²) in [6, 6.07) is 7.66. The Morgan fingerprint density at radius 2 is 1.89 bits per heavy atom. The van der Waals surface area contributed by atoms with Gasteiger partial charge in [0, 0.05) is 38.9 Å². The monoisotopic (exact) mass is 388 g/mol. The number of hydrogen-bond donors (Lipinski definition) is 3. The van der Waals surface area contributed by atoms with Crippen LogP contribution in [0.4, 0.5) is 0 Å². The fraction of sp³-hybridized carbons (Fsp3) is 0.636. The number of amides is 1. The van der Waals surface area contributed by atoms with Crippen molar-refractivity contribution in [2.24, 2.45) is 10.4 Å². The molecular formula is C22H36N4O2. The van der Waals surface area contributed by atoms with E-state index in [9.17, 15) is 4.79 Å². The Hall–Kier alpha value is -2.08. The molecule has 28 heavy (non-hydrogen) atoms. The Morgan fingerprint density at radius 1 is 1.14 bits per heavy atom. The average Bonchev–Trinajstić information content (AvgIpc) is 3.18. The molecule has 0 bridgehead atoms. The first-order chi connectivity index (χ1) is 13.6. The van der Waals surface area contributed by atoms with Gasteiger partial charge in [-0.2, -0.15) is 0 Å². The Morgan fingerprint density at radius 3 is 2.57 bits per heavy atom. The molecule has 1 aliphatic rings. The topological polar surface area (TPSA) is 74.8 Å². The summed E-state index contributed by atoms with van der Waals surface area (Å²) in [6.07, 6.45) is 6.18. The third-order valence-corrected chi connectivity index (χ3v) is 5.42. The van der Waals surface area contributed by atoms with E-state index < -0.39 is 0 Å². The summed E-state index contributed by atoms with van der Waals surface area (Å²) < 4.78 is 5.33. The van der Waals surface area contributed by atoms with Crippen molar-refractivity contribution in [2.45, 2.75) is 52.5 Å². The third kappa shape index (κ3) is 6.82. The minimum absolute atomic E-state index is 0.0420. The normalized spacial score (nSPS) is 16.0. The fourth-order valence-electron chi connectivity index (χ4n) is 3.82. The van der Waals surface area contributed by atoms with Gasteiger partial charge in [-0.05, 0) is 56.2 Å². The molecule has 0 aliphatic heterocycles. The van der Waals surface area contributed by atoms with Crippen LogP contribution in [-0.2, 0) is 11.3 Å². The minimum Gasteiger partial charge on any atom is -0.385 e. The van der Waals surface area contributed by atoms with E-state index in [0.29, 0.717) is 24.1 Å². The van der Waals surface area contributed by atoms with Crippen molar-refractivity contribution in [3.63, 3.8) is 0 Å². The van der Waals surface area contributed by atoms with Gasteiger partial charge in [-0.3, -0.25) is 4.79 Å². The molecule has 0 aromatic heterocycles. The van der Waals surface area contributed by atoms with Crippen molar-refractivity contribution in [1.29, 1.82) is 0 Å². The molecule has 156 valence electrons.